The number of hydrogen-bond donors (Lipinski definition) is 0. The number of benzene rings is 1. The van der Waals surface area contributed by atoms with Crippen molar-refractivity contribution >= 4 is 5.78 Å². The molecule has 0 heterocycles. The standard InChI is InChI=1S/C16H22O/c1-5-12(2)10-16(17)11-14(4)15-8-6-13(3)7-9-15/h6-10,14H,5,11H2,1-4H3. The number of carbonyl (C=O) groups is 1. The predicted molar refractivity (Wildman–Crippen MR) is 73.3 cm³/mol. The van der Waals surface area contributed by atoms with Gasteiger partial charge in [0.2, 0.25) is 0 Å². The topological polar surface area (TPSA) is 17.1 Å². The molecule has 0 aliphatic carbocycles. The Bertz CT molecular complexity index is 398. The lowest BCUT2D eigenvalue weighted by molar-refractivity contribution is -0.114. The van der Waals surface area contributed by atoms with Crippen molar-refractivity contribution in [1.29, 1.82) is 0 Å². The molecule has 0 saturated heterocycles. The summed E-state index contributed by atoms with van der Waals surface area (Å²) < 4.78 is 0. The molecule has 0 aliphatic rings. The van der Waals surface area contributed by atoms with Crippen LogP contribution in [-0.2, 0) is 4.79 Å². The van der Waals surface area contributed by atoms with Crippen molar-refractivity contribution in [2.45, 2.75) is 46.5 Å². The highest BCUT2D eigenvalue weighted by Crippen LogP contribution is 2.20. The van der Waals surface area contributed by atoms with Crippen LogP contribution in [-0.4, -0.2) is 5.78 Å². The maximum atomic E-state index is 11.8. The largest absolute Gasteiger partial charge is 0.295 e. The highest BCUT2D eigenvalue weighted by atomic mass is 16.1. The molecule has 92 valence electrons. The van der Waals surface area contributed by atoms with Crippen molar-refractivity contribution in [2.75, 3.05) is 0 Å². The predicted octanol–water partition coefficient (Wildman–Crippen LogP) is 4.41. The lowest BCUT2D eigenvalue weighted by atomic mass is 9.94. The number of aryl methyl sites for hydroxylation is 1. The molecule has 1 heteroatoms. The highest BCUT2D eigenvalue weighted by Gasteiger charge is 2.09. The smallest absolute Gasteiger partial charge is 0.156 e. The first-order chi connectivity index (χ1) is 8.02. The van der Waals surface area contributed by atoms with Gasteiger partial charge in [0.25, 0.3) is 0 Å². The molecule has 1 nitrogen and oxygen atoms in total. The number of ketones is 1. The van der Waals surface area contributed by atoms with Crippen molar-refractivity contribution in [1.82, 2.24) is 0 Å². The van der Waals surface area contributed by atoms with Crippen molar-refractivity contribution < 1.29 is 4.79 Å². The Morgan fingerprint density at radius 1 is 1.29 bits per heavy atom. The van der Waals surface area contributed by atoms with E-state index in [1.165, 1.54) is 11.1 Å². The Hall–Kier alpha value is -1.37. The second-order valence-electron chi connectivity index (χ2n) is 4.83. The zero-order valence-electron chi connectivity index (χ0n) is 11.3. The van der Waals surface area contributed by atoms with Crippen molar-refractivity contribution in [3.05, 3.63) is 47.0 Å². The third-order valence-corrected chi connectivity index (χ3v) is 3.12. The van der Waals surface area contributed by atoms with Crippen LogP contribution in [0.4, 0.5) is 0 Å². The van der Waals surface area contributed by atoms with Gasteiger partial charge in [-0.2, -0.15) is 0 Å². The van der Waals surface area contributed by atoms with Gasteiger partial charge in [0.15, 0.2) is 5.78 Å². The molecule has 1 aromatic carbocycles. The molecule has 1 unspecified atom stereocenters. The van der Waals surface area contributed by atoms with Gasteiger partial charge >= 0.3 is 0 Å². The first-order valence-corrected chi connectivity index (χ1v) is 6.29. The van der Waals surface area contributed by atoms with E-state index in [0.29, 0.717) is 12.3 Å². The first kappa shape index (κ1) is 13.7. The van der Waals surface area contributed by atoms with E-state index in [2.05, 4.69) is 45.0 Å². The summed E-state index contributed by atoms with van der Waals surface area (Å²) in [6, 6.07) is 8.43. The molecule has 17 heavy (non-hydrogen) atoms. The zero-order chi connectivity index (χ0) is 12.8. The van der Waals surface area contributed by atoms with E-state index in [0.717, 1.165) is 12.0 Å². The Balaban J connectivity index is 2.63. The van der Waals surface area contributed by atoms with E-state index >= 15 is 0 Å². The van der Waals surface area contributed by atoms with E-state index in [-0.39, 0.29) is 5.78 Å². The molecule has 0 aromatic heterocycles. The second-order valence-corrected chi connectivity index (χ2v) is 4.83. The second kappa shape index (κ2) is 6.39. The van der Waals surface area contributed by atoms with Gasteiger partial charge in [0, 0.05) is 6.42 Å². The maximum absolute atomic E-state index is 11.8. The summed E-state index contributed by atoms with van der Waals surface area (Å²) in [4.78, 5) is 11.8. The Morgan fingerprint density at radius 2 is 1.88 bits per heavy atom. The molecular weight excluding hydrogens is 208 g/mol. The van der Waals surface area contributed by atoms with Gasteiger partial charge in [-0.15, -0.1) is 0 Å². The Labute approximate surface area is 105 Å². The number of allylic oxidation sites excluding steroid dienone is 2. The van der Waals surface area contributed by atoms with Crippen molar-refractivity contribution in [3.63, 3.8) is 0 Å². The third-order valence-electron chi connectivity index (χ3n) is 3.12. The van der Waals surface area contributed by atoms with Crippen LogP contribution in [0.3, 0.4) is 0 Å². The van der Waals surface area contributed by atoms with Gasteiger partial charge in [-0.1, -0.05) is 49.2 Å². The first-order valence-electron chi connectivity index (χ1n) is 6.29. The quantitative estimate of drug-likeness (QED) is 0.685. The van der Waals surface area contributed by atoms with Crippen LogP contribution in [0.1, 0.15) is 50.7 Å². The summed E-state index contributed by atoms with van der Waals surface area (Å²) in [6.07, 6.45) is 3.33. The molecule has 0 spiro atoms. The number of hydrogen-bond acceptors (Lipinski definition) is 1. The molecule has 0 saturated carbocycles. The van der Waals surface area contributed by atoms with Gasteiger partial charge in [0.1, 0.15) is 0 Å². The molecule has 0 aliphatic heterocycles. The molecule has 1 aromatic rings. The van der Waals surface area contributed by atoms with Crippen LogP contribution in [0.5, 0.6) is 0 Å². The highest BCUT2D eigenvalue weighted by molar-refractivity contribution is 5.90. The van der Waals surface area contributed by atoms with Gasteiger partial charge in [-0.05, 0) is 37.8 Å². The van der Waals surface area contributed by atoms with Crippen molar-refractivity contribution in [3.8, 4) is 0 Å². The molecule has 1 rings (SSSR count). The van der Waals surface area contributed by atoms with Gasteiger partial charge < -0.3 is 0 Å². The fraction of sp³-hybridized carbons (Fsp3) is 0.438. The van der Waals surface area contributed by atoms with E-state index < -0.39 is 0 Å². The average Bonchev–Trinajstić information content (AvgIpc) is 2.29. The van der Waals surface area contributed by atoms with E-state index in [4.69, 9.17) is 0 Å². The van der Waals surface area contributed by atoms with Crippen LogP contribution >= 0.6 is 0 Å². The number of carbonyl (C=O) groups excluding carboxylic acids is 1. The Kier molecular flexibility index (Phi) is 5.14. The SMILES string of the molecule is CCC(C)=CC(=O)CC(C)c1ccc(C)cc1. The number of rotatable bonds is 5. The van der Waals surface area contributed by atoms with E-state index in [1.54, 1.807) is 6.08 Å². The molecule has 0 N–H and O–H groups in total. The average molecular weight is 230 g/mol. The van der Waals surface area contributed by atoms with E-state index in [1.807, 2.05) is 6.92 Å². The van der Waals surface area contributed by atoms with Gasteiger partial charge in [-0.3, -0.25) is 4.79 Å². The summed E-state index contributed by atoms with van der Waals surface area (Å²) in [6.45, 7) is 8.27. The molecule has 0 amide bonds. The summed E-state index contributed by atoms with van der Waals surface area (Å²) in [5.74, 6) is 0.529. The fourth-order valence-electron chi connectivity index (χ4n) is 1.75. The molecule has 0 bridgehead atoms. The van der Waals surface area contributed by atoms with Crippen LogP contribution in [0, 0.1) is 6.92 Å². The Morgan fingerprint density at radius 3 is 2.41 bits per heavy atom. The van der Waals surface area contributed by atoms with E-state index in [9.17, 15) is 4.79 Å². The molecular formula is C16H22O. The summed E-state index contributed by atoms with van der Waals surface area (Å²) >= 11 is 0. The minimum absolute atomic E-state index is 0.234. The minimum atomic E-state index is 0.234. The summed E-state index contributed by atoms with van der Waals surface area (Å²) in [5, 5.41) is 0. The van der Waals surface area contributed by atoms with Crippen LogP contribution < -0.4 is 0 Å². The molecule has 0 fully saturated rings. The maximum Gasteiger partial charge on any atom is 0.156 e. The lowest BCUT2D eigenvalue weighted by Gasteiger charge is -2.10. The molecule has 1 atom stereocenters. The van der Waals surface area contributed by atoms with Crippen LogP contribution in [0.25, 0.3) is 0 Å². The minimum Gasteiger partial charge on any atom is -0.295 e. The zero-order valence-corrected chi connectivity index (χ0v) is 11.3. The lowest BCUT2D eigenvalue weighted by Crippen LogP contribution is -2.02. The fourth-order valence-corrected chi connectivity index (χ4v) is 1.75. The monoisotopic (exact) mass is 230 g/mol. The van der Waals surface area contributed by atoms with Gasteiger partial charge in [-0.25, -0.2) is 0 Å². The van der Waals surface area contributed by atoms with Crippen LogP contribution in [0.15, 0.2) is 35.9 Å². The normalized spacial score (nSPS) is 13.5. The van der Waals surface area contributed by atoms with Crippen LogP contribution in [0.2, 0.25) is 0 Å². The molecule has 0 radical (unpaired) electrons. The van der Waals surface area contributed by atoms with Gasteiger partial charge in [0.05, 0.1) is 0 Å². The third kappa shape index (κ3) is 4.56. The summed E-state index contributed by atoms with van der Waals surface area (Å²) in [5.41, 5.74) is 3.66. The van der Waals surface area contributed by atoms with Crippen molar-refractivity contribution in [2.24, 2.45) is 0 Å². The summed E-state index contributed by atoms with van der Waals surface area (Å²) in [7, 11) is 0.